The van der Waals surface area contributed by atoms with Crippen molar-refractivity contribution in [1.29, 1.82) is 0 Å². The monoisotopic (exact) mass is 304 g/mol. The smallest absolute Gasteiger partial charge is 0.139 e. The van der Waals surface area contributed by atoms with E-state index in [1.807, 2.05) is 6.92 Å². The second-order valence-electron chi connectivity index (χ2n) is 5.72. The summed E-state index contributed by atoms with van der Waals surface area (Å²) in [5, 5.41) is 15.0. The topological polar surface area (TPSA) is 77.9 Å². The zero-order valence-corrected chi connectivity index (χ0v) is 13.2. The number of anilines is 1. The van der Waals surface area contributed by atoms with Crippen molar-refractivity contribution in [2.45, 2.75) is 52.0 Å². The molecule has 2 aromatic rings. The number of carboxylic acids is 1. The van der Waals surface area contributed by atoms with E-state index in [2.05, 4.69) is 22.2 Å². The second kappa shape index (κ2) is 5.26. The Labute approximate surface area is 127 Å². The van der Waals surface area contributed by atoms with Crippen LogP contribution in [0.4, 0.5) is 5.82 Å². The molecule has 2 heterocycles. The van der Waals surface area contributed by atoms with Crippen molar-refractivity contribution < 1.29 is 9.90 Å². The first-order valence-electron chi connectivity index (χ1n) is 7.24. The van der Waals surface area contributed by atoms with E-state index >= 15 is 0 Å². The summed E-state index contributed by atoms with van der Waals surface area (Å²) in [5.41, 5.74) is 1.30. The van der Waals surface area contributed by atoms with E-state index in [-0.39, 0.29) is 0 Å². The SMILES string of the molecule is Cc1nc(N[C@@H](C)C(=O)[O-])c2c3c(sc2n1)CCC[C@H]3C. The average Bonchev–Trinajstić information content (AvgIpc) is 2.77. The van der Waals surface area contributed by atoms with Crippen LogP contribution in [-0.2, 0) is 11.2 Å². The van der Waals surface area contributed by atoms with Crippen LogP contribution in [0.1, 0.15) is 48.9 Å². The fourth-order valence-electron chi connectivity index (χ4n) is 2.96. The number of fused-ring (bicyclic) bond motifs is 3. The standard InChI is InChI=1S/C15H19N3O2S/c1-7-5-4-6-10-11(7)12-13(16-8(2)15(19)20)17-9(3)18-14(12)21-10/h7-8H,4-6H2,1-3H3,(H,19,20)(H,16,17,18)/p-1/t7-,8+/m1/s1. The van der Waals surface area contributed by atoms with Gasteiger partial charge in [0.05, 0.1) is 17.4 Å². The highest BCUT2D eigenvalue weighted by molar-refractivity contribution is 7.19. The number of aryl methyl sites for hydroxylation is 2. The molecule has 6 heteroatoms. The van der Waals surface area contributed by atoms with Crippen molar-refractivity contribution >= 4 is 33.3 Å². The van der Waals surface area contributed by atoms with Gasteiger partial charge in [0.25, 0.3) is 0 Å². The molecule has 0 bridgehead atoms. The van der Waals surface area contributed by atoms with E-state index in [1.165, 1.54) is 16.9 Å². The molecule has 2 aromatic heterocycles. The Kier molecular flexibility index (Phi) is 3.57. The Balaban J connectivity index is 2.18. The molecule has 21 heavy (non-hydrogen) atoms. The van der Waals surface area contributed by atoms with Crippen LogP contribution in [0.2, 0.25) is 0 Å². The van der Waals surface area contributed by atoms with E-state index < -0.39 is 12.0 Å². The minimum atomic E-state index is -1.13. The van der Waals surface area contributed by atoms with Crippen molar-refractivity contribution in [3.05, 3.63) is 16.3 Å². The Hall–Kier alpha value is -1.69. The van der Waals surface area contributed by atoms with Gasteiger partial charge in [0.1, 0.15) is 16.5 Å². The van der Waals surface area contributed by atoms with Crippen LogP contribution in [0, 0.1) is 6.92 Å². The first-order chi connectivity index (χ1) is 9.97. The fourth-order valence-corrected chi connectivity index (χ4v) is 4.34. The van der Waals surface area contributed by atoms with Crippen LogP contribution >= 0.6 is 11.3 Å². The minimum Gasteiger partial charge on any atom is -0.548 e. The Morgan fingerprint density at radius 2 is 2.24 bits per heavy atom. The zero-order valence-electron chi connectivity index (χ0n) is 12.4. The van der Waals surface area contributed by atoms with Gasteiger partial charge in [-0.15, -0.1) is 11.3 Å². The number of aromatic nitrogens is 2. The quantitative estimate of drug-likeness (QED) is 0.938. The predicted octanol–water partition coefficient (Wildman–Crippen LogP) is 1.99. The summed E-state index contributed by atoms with van der Waals surface area (Å²) in [4.78, 5) is 22.3. The van der Waals surface area contributed by atoms with E-state index in [9.17, 15) is 9.90 Å². The molecule has 0 spiro atoms. The third kappa shape index (κ3) is 2.48. The molecule has 0 fully saturated rings. The molecule has 1 aliphatic carbocycles. The van der Waals surface area contributed by atoms with E-state index in [4.69, 9.17) is 0 Å². The van der Waals surface area contributed by atoms with Crippen LogP contribution in [-0.4, -0.2) is 22.0 Å². The number of rotatable bonds is 3. The Morgan fingerprint density at radius 3 is 2.95 bits per heavy atom. The van der Waals surface area contributed by atoms with Crippen LogP contribution in [0.5, 0.6) is 0 Å². The van der Waals surface area contributed by atoms with Gasteiger partial charge in [-0.2, -0.15) is 0 Å². The molecule has 0 radical (unpaired) electrons. The van der Waals surface area contributed by atoms with Crippen LogP contribution in [0.25, 0.3) is 10.2 Å². The lowest BCUT2D eigenvalue weighted by atomic mass is 9.87. The molecular formula is C15H18N3O2S-. The maximum atomic E-state index is 11.0. The summed E-state index contributed by atoms with van der Waals surface area (Å²) < 4.78 is 0. The van der Waals surface area contributed by atoms with E-state index in [0.717, 1.165) is 23.1 Å². The van der Waals surface area contributed by atoms with Gasteiger partial charge in [-0.25, -0.2) is 9.97 Å². The summed E-state index contributed by atoms with van der Waals surface area (Å²) in [6, 6.07) is -0.781. The molecule has 0 amide bonds. The summed E-state index contributed by atoms with van der Waals surface area (Å²) >= 11 is 1.71. The highest BCUT2D eigenvalue weighted by atomic mass is 32.1. The van der Waals surface area contributed by atoms with Crippen LogP contribution in [0.3, 0.4) is 0 Å². The molecule has 2 atom stereocenters. The first-order valence-corrected chi connectivity index (χ1v) is 8.06. The number of thiophene rings is 1. The summed E-state index contributed by atoms with van der Waals surface area (Å²) in [6.45, 7) is 5.62. The number of hydrogen-bond donors (Lipinski definition) is 1. The molecule has 1 N–H and O–H groups in total. The van der Waals surface area contributed by atoms with Gasteiger partial charge in [0, 0.05) is 4.88 Å². The molecule has 0 aliphatic heterocycles. The molecule has 0 unspecified atom stereocenters. The summed E-state index contributed by atoms with van der Waals surface area (Å²) in [5.74, 6) is 0.617. The van der Waals surface area contributed by atoms with Crippen molar-refractivity contribution in [3.8, 4) is 0 Å². The minimum absolute atomic E-state index is 0.465. The number of nitrogens with one attached hydrogen (secondary N) is 1. The summed E-state index contributed by atoms with van der Waals surface area (Å²) in [7, 11) is 0. The zero-order chi connectivity index (χ0) is 15.1. The number of aliphatic carboxylic acids is 1. The first kappa shape index (κ1) is 14.3. The van der Waals surface area contributed by atoms with Gasteiger partial charge in [-0.05, 0) is 44.6 Å². The van der Waals surface area contributed by atoms with Crippen molar-refractivity contribution in [3.63, 3.8) is 0 Å². The number of carbonyl (C=O) groups excluding carboxylic acids is 1. The lowest BCUT2D eigenvalue weighted by Crippen LogP contribution is -2.38. The summed E-state index contributed by atoms with van der Waals surface area (Å²) in [6.07, 6.45) is 3.43. The molecule has 0 aromatic carbocycles. The Bertz CT molecular complexity index is 710. The van der Waals surface area contributed by atoms with Gasteiger partial charge in [0.15, 0.2) is 0 Å². The highest BCUT2D eigenvalue weighted by Crippen LogP contribution is 2.43. The largest absolute Gasteiger partial charge is 0.548 e. The third-order valence-electron chi connectivity index (χ3n) is 4.02. The molecule has 0 saturated heterocycles. The number of carbonyl (C=O) groups is 1. The maximum absolute atomic E-state index is 11.0. The highest BCUT2D eigenvalue weighted by Gasteiger charge is 2.25. The molecule has 112 valence electrons. The predicted molar refractivity (Wildman–Crippen MR) is 81.6 cm³/mol. The van der Waals surface area contributed by atoms with Gasteiger partial charge in [-0.1, -0.05) is 6.92 Å². The van der Waals surface area contributed by atoms with E-state index in [1.54, 1.807) is 18.3 Å². The van der Waals surface area contributed by atoms with Gasteiger partial charge < -0.3 is 15.2 Å². The Morgan fingerprint density at radius 1 is 1.48 bits per heavy atom. The second-order valence-corrected chi connectivity index (χ2v) is 6.80. The van der Waals surface area contributed by atoms with Crippen molar-refractivity contribution in [2.24, 2.45) is 0 Å². The van der Waals surface area contributed by atoms with Crippen LogP contribution < -0.4 is 10.4 Å². The number of carboxylic acid groups (broad SMARTS) is 1. The lowest BCUT2D eigenvalue weighted by Gasteiger charge is -2.21. The fraction of sp³-hybridized carbons (Fsp3) is 0.533. The molecule has 0 saturated carbocycles. The molecule has 5 nitrogen and oxygen atoms in total. The van der Waals surface area contributed by atoms with Crippen molar-refractivity contribution in [1.82, 2.24) is 9.97 Å². The van der Waals surface area contributed by atoms with Gasteiger partial charge in [0.2, 0.25) is 0 Å². The maximum Gasteiger partial charge on any atom is 0.139 e. The normalized spacial score (nSPS) is 19.3. The van der Waals surface area contributed by atoms with Gasteiger partial charge in [-0.3, -0.25) is 0 Å². The lowest BCUT2D eigenvalue weighted by molar-refractivity contribution is -0.306. The average molecular weight is 304 g/mol. The molecule has 3 rings (SSSR count). The molecular weight excluding hydrogens is 286 g/mol. The number of nitrogens with zero attached hydrogens (tertiary/aromatic N) is 2. The van der Waals surface area contributed by atoms with Crippen LogP contribution in [0.15, 0.2) is 0 Å². The van der Waals surface area contributed by atoms with Crippen molar-refractivity contribution in [2.75, 3.05) is 5.32 Å². The van der Waals surface area contributed by atoms with Gasteiger partial charge >= 0.3 is 0 Å². The van der Waals surface area contributed by atoms with E-state index in [0.29, 0.717) is 17.6 Å². The third-order valence-corrected chi connectivity index (χ3v) is 5.18. The number of hydrogen-bond acceptors (Lipinski definition) is 6. The molecule has 1 aliphatic rings.